The van der Waals surface area contributed by atoms with Gasteiger partial charge >= 0.3 is 0 Å². The zero-order valence-corrected chi connectivity index (χ0v) is 14.5. The molecule has 1 unspecified atom stereocenters. The van der Waals surface area contributed by atoms with E-state index >= 15 is 0 Å². The summed E-state index contributed by atoms with van der Waals surface area (Å²) in [6, 6.07) is 5.12. The average Bonchev–Trinajstić information content (AvgIpc) is 3.37. The molecule has 0 saturated heterocycles. The predicted molar refractivity (Wildman–Crippen MR) is 93.5 cm³/mol. The van der Waals surface area contributed by atoms with Gasteiger partial charge in [-0.3, -0.25) is 0 Å². The number of halogens is 1. The van der Waals surface area contributed by atoms with Crippen molar-refractivity contribution < 1.29 is 14.2 Å². The van der Waals surface area contributed by atoms with Crippen molar-refractivity contribution in [2.45, 2.75) is 39.3 Å². The second-order valence-electron chi connectivity index (χ2n) is 6.29. The summed E-state index contributed by atoms with van der Waals surface area (Å²) in [5, 5.41) is 16.1. The summed E-state index contributed by atoms with van der Waals surface area (Å²) in [6.07, 6.45) is 1.90. The van der Waals surface area contributed by atoms with Crippen molar-refractivity contribution in [2.24, 2.45) is 10.9 Å². The summed E-state index contributed by atoms with van der Waals surface area (Å²) in [6.45, 7) is 6.22. The SMILES string of the molecule is CCNC(=NCc1ccc(C)c(F)c1)NCC(O)COCC1CC1. The van der Waals surface area contributed by atoms with Gasteiger partial charge in [-0.1, -0.05) is 12.1 Å². The second-order valence-corrected chi connectivity index (χ2v) is 6.29. The molecule has 1 saturated carbocycles. The largest absolute Gasteiger partial charge is 0.389 e. The number of aliphatic imine (C=N–C) groups is 1. The molecule has 0 amide bonds. The Balaban J connectivity index is 1.77. The molecule has 0 radical (unpaired) electrons. The summed E-state index contributed by atoms with van der Waals surface area (Å²) in [7, 11) is 0. The van der Waals surface area contributed by atoms with Gasteiger partial charge in [0.25, 0.3) is 0 Å². The molecule has 3 N–H and O–H groups in total. The van der Waals surface area contributed by atoms with Gasteiger partial charge in [-0.25, -0.2) is 9.38 Å². The lowest BCUT2D eigenvalue weighted by molar-refractivity contribution is 0.0345. The fraction of sp³-hybridized carbons (Fsp3) is 0.611. The second kappa shape index (κ2) is 9.59. The van der Waals surface area contributed by atoms with E-state index in [4.69, 9.17) is 4.74 Å². The van der Waals surface area contributed by atoms with Crippen LogP contribution in [0.25, 0.3) is 0 Å². The molecule has 0 aliphatic heterocycles. The Morgan fingerprint density at radius 2 is 2.21 bits per heavy atom. The monoisotopic (exact) mass is 337 g/mol. The van der Waals surface area contributed by atoms with E-state index in [0.29, 0.717) is 43.7 Å². The zero-order chi connectivity index (χ0) is 17.4. The molecule has 24 heavy (non-hydrogen) atoms. The first-order valence-corrected chi connectivity index (χ1v) is 8.61. The van der Waals surface area contributed by atoms with Crippen LogP contribution in [0.15, 0.2) is 23.2 Å². The Labute approximate surface area is 143 Å². The Morgan fingerprint density at radius 3 is 2.88 bits per heavy atom. The van der Waals surface area contributed by atoms with Crippen LogP contribution >= 0.6 is 0 Å². The van der Waals surface area contributed by atoms with Gasteiger partial charge < -0.3 is 20.5 Å². The minimum atomic E-state index is -0.579. The average molecular weight is 337 g/mol. The molecule has 1 fully saturated rings. The maximum atomic E-state index is 13.6. The summed E-state index contributed by atoms with van der Waals surface area (Å²) >= 11 is 0. The van der Waals surface area contributed by atoms with E-state index in [1.165, 1.54) is 18.9 Å². The van der Waals surface area contributed by atoms with Crippen molar-refractivity contribution in [1.29, 1.82) is 0 Å². The number of aryl methyl sites for hydroxylation is 1. The molecule has 0 spiro atoms. The number of aliphatic hydroxyl groups is 1. The lowest BCUT2D eigenvalue weighted by Gasteiger charge is -2.15. The number of hydrogen-bond donors (Lipinski definition) is 3. The zero-order valence-electron chi connectivity index (χ0n) is 14.5. The standard InChI is InChI=1S/C18H28FN3O2/c1-3-20-18(21-9-15-5-4-13(2)17(19)8-15)22-10-16(23)12-24-11-14-6-7-14/h4-5,8,14,16,23H,3,6-7,9-12H2,1-2H3,(H2,20,21,22). The van der Waals surface area contributed by atoms with Crippen LogP contribution in [0, 0.1) is 18.7 Å². The van der Waals surface area contributed by atoms with Crippen LogP contribution in [0.2, 0.25) is 0 Å². The molecule has 1 aromatic rings. The normalized spacial score (nSPS) is 16.1. The van der Waals surface area contributed by atoms with Crippen LogP contribution in [-0.2, 0) is 11.3 Å². The maximum Gasteiger partial charge on any atom is 0.191 e. The lowest BCUT2D eigenvalue weighted by atomic mass is 10.1. The van der Waals surface area contributed by atoms with Gasteiger partial charge in [0, 0.05) is 19.7 Å². The van der Waals surface area contributed by atoms with Gasteiger partial charge in [0.15, 0.2) is 5.96 Å². The van der Waals surface area contributed by atoms with Crippen molar-refractivity contribution in [1.82, 2.24) is 10.6 Å². The van der Waals surface area contributed by atoms with E-state index in [1.54, 1.807) is 13.0 Å². The van der Waals surface area contributed by atoms with E-state index in [1.807, 2.05) is 13.0 Å². The number of hydrogen-bond acceptors (Lipinski definition) is 3. The molecule has 6 heteroatoms. The third-order valence-electron chi connectivity index (χ3n) is 3.87. The van der Waals surface area contributed by atoms with E-state index < -0.39 is 6.10 Å². The summed E-state index contributed by atoms with van der Waals surface area (Å²) < 4.78 is 19.0. The topological polar surface area (TPSA) is 65.9 Å². The van der Waals surface area contributed by atoms with Crippen molar-refractivity contribution in [3.05, 3.63) is 35.1 Å². The summed E-state index contributed by atoms with van der Waals surface area (Å²) in [5.74, 6) is 1.07. The molecule has 5 nitrogen and oxygen atoms in total. The third kappa shape index (κ3) is 6.84. The number of rotatable bonds is 9. The molecule has 0 bridgehead atoms. The lowest BCUT2D eigenvalue weighted by Crippen LogP contribution is -2.42. The number of benzene rings is 1. The van der Waals surface area contributed by atoms with Gasteiger partial charge in [-0.05, 0) is 49.8 Å². The highest BCUT2D eigenvalue weighted by Crippen LogP contribution is 2.28. The minimum Gasteiger partial charge on any atom is -0.389 e. The molecule has 1 aliphatic rings. The van der Waals surface area contributed by atoms with E-state index in [2.05, 4.69) is 15.6 Å². The van der Waals surface area contributed by atoms with Crippen molar-refractivity contribution in [3.8, 4) is 0 Å². The van der Waals surface area contributed by atoms with E-state index in [9.17, 15) is 9.50 Å². The number of aliphatic hydroxyl groups excluding tert-OH is 1. The Kier molecular flexibility index (Phi) is 7.46. The van der Waals surface area contributed by atoms with Gasteiger partial charge in [-0.2, -0.15) is 0 Å². The number of nitrogens with one attached hydrogen (secondary N) is 2. The molecular weight excluding hydrogens is 309 g/mol. The molecule has 1 aromatic carbocycles. The van der Waals surface area contributed by atoms with E-state index in [-0.39, 0.29) is 5.82 Å². The quantitative estimate of drug-likeness (QED) is 0.476. The first-order chi connectivity index (χ1) is 11.6. The molecule has 2 rings (SSSR count). The maximum absolute atomic E-state index is 13.6. The molecule has 1 atom stereocenters. The van der Waals surface area contributed by atoms with Crippen LogP contribution in [0.5, 0.6) is 0 Å². The third-order valence-corrected chi connectivity index (χ3v) is 3.87. The number of nitrogens with zero attached hydrogens (tertiary/aromatic N) is 1. The molecule has 0 heterocycles. The van der Waals surface area contributed by atoms with Crippen LogP contribution < -0.4 is 10.6 Å². The van der Waals surface area contributed by atoms with Crippen molar-refractivity contribution >= 4 is 5.96 Å². The van der Waals surface area contributed by atoms with Gasteiger partial charge in [0.1, 0.15) is 5.82 Å². The molecule has 1 aliphatic carbocycles. The Hall–Kier alpha value is -1.66. The highest BCUT2D eigenvalue weighted by molar-refractivity contribution is 5.79. The van der Waals surface area contributed by atoms with Crippen molar-refractivity contribution in [3.63, 3.8) is 0 Å². The highest BCUT2D eigenvalue weighted by atomic mass is 19.1. The number of guanidine groups is 1. The Bertz CT molecular complexity index is 547. The molecule has 134 valence electrons. The highest BCUT2D eigenvalue weighted by Gasteiger charge is 2.21. The van der Waals surface area contributed by atoms with Crippen LogP contribution in [-0.4, -0.2) is 43.5 Å². The minimum absolute atomic E-state index is 0.219. The summed E-state index contributed by atoms with van der Waals surface area (Å²) in [5.41, 5.74) is 1.44. The first kappa shape index (κ1) is 18.7. The van der Waals surface area contributed by atoms with Gasteiger partial charge in [0.05, 0.1) is 19.3 Å². The predicted octanol–water partition coefficient (Wildman–Crippen LogP) is 1.98. The van der Waals surface area contributed by atoms with Gasteiger partial charge in [-0.15, -0.1) is 0 Å². The van der Waals surface area contributed by atoms with Crippen molar-refractivity contribution in [2.75, 3.05) is 26.3 Å². The molecule has 0 aromatic heterocycles. The smallest absolute Gasteiger partial charge is 0.191 e. The van der Waals surface area contributed by atoms with E-state index in [0.717, 1.165) is 12.2 Å². The fourth-order valence-electron chi connectivity index (χ4n) is 2.18. The van der Waals surface area contributed by atoms with Crippen LogP contribution in [0.3, 0.4) is 0 Å². The van der Waals surface area contributed by atoms with Crippen LogP contribution in [0.1, 0.15) is 30.9 Å². The first-order valence-electron chi connectivity index (χ1n) is 8.61. The summed E-state index contributed by atoms with van der Waals surface area (Å²) in [4.78, 5) is 4.42. The van der Waals surface area contributed by atoms with Crippen LogP contribution in [0.4, 0.5) is 4.39 Å². The van der Waals surface area contributed by atoms with Gasteiger partial charge in [0.2, 0.25) is 0 Å². The Morgan fingerprint density at radius 1 is 1.42 bits per heavy atom. The molecular formula is C18H28FN3O2. The number of ether oxygens (including phenoxy) is 1. The fourth-order valence-corrected chi connectivity index (χ4v) is 2.18.